The zero-order chi connectivity index (χ0) is 19.2. The van der Waals surface area contributed by atoms with Crippen molar-refractivity contribution in [1.29, 1.82) is 0 Å². The number of benzene rings is 2. The molecule has 0 bridgehead atoms. The van der Waals surface area contributed by atoms with Crippen LogP contribution in [0.1, 0.15) is 16.1 Å². The van der Waals surface area contributed by atoms with Gasteiger partial charge < -0.3 is 9.47 Å². The van der Waals surface area contributed by atoms with Gasteiger partial charge >= 0.3 is 0 Å². The van der Waals surface area contributed by atoms with Gasteiger partial charge in [-0.25, -0.2) is 5.43 Å². The molecule has 1 aromatic heterocycles. The van der Waals surface area contributed by atoms with Gasteiger partial charge in [0, 0.05) is 11.1 Å². The first-order valence-electron chi connectivity index (χ1n) is 7.98. The molecule has 0 spiro atoms. The number of aromatic amines is 1. The van der Waals surface area contributed by atoms with Gasteiger partial charge in [0.05, 0.1) is 31.2 Å². The number of carbonyl (C=O) groups is 1. The van der Waals surface area contributed by atoms with Crippen LogP contribution in [-0.4, -0.2) is 36.5 Å². The van der Waals surface area contributed by atoms with Crippen molar-refractivity contribution >= 4 is 23.7 Å². The molecule has 2 N–H and O–H groups in total. The molecular weight excluding hydrogens is 368 g/mol. The second-order valence-electron chi connectivity index (χ2n) is 5.45. The zero-order valence-corrected chi connectivity index (χ0v) is 15.4. The molecule has 8 heteroatoms. The maximum Gasteiger partial charge on any atom is 0.289 e. The van der Waals surface area contributed by atoms with E-state index < -0.39 is 5.91 Å². The van der Waals surface area contributed by atoms with Crippen LogP contribution in [0.25, 0.3) is 11.3 Å². The molecule has 0 aliphatic heterocycles. The standard InChI is InChI=1S/C19H17ClN4O3/c1-26-13-7-8-18(27-2)12(9-13)11-21-24-19(25)17-10-16(22-23-17)14-5-3-4-6-15(14)20/h3-11H,1-2H3,(H,22,23)(H,24,25). The summed E-state index contributed by atoms with van der Waals surface area (Å²) in [5.41, 5.74) is 4.68. The SMILES string of the molecule is COc1ccc(OC)c(C=NNC(=O)c2cc(-c3ccccc3Cl)n[nH]2)c1. The lowest BCUT2D eigenvalue weighted by Crippen LogP contribution is -2.18. The second kappa shape index (κ2) is 8.37. The lowest BCUT2D eigenvalue weighted by atomic mass is 10.1. The number of methoxy groups -OCH3 is 2. The Bertz CT molecular complexity index is 985. The Morgan fingerprint density at radius 3 is 2.74 bits per heavy atom. The summed E-state index contributed by atoms with van der Waals surface area (Å²) in [5, 5.41) is 11.3. The predicted molar refractivity (Wildman–Crippen MR) is 104 cm³/mol. The van der Waals surface area contributed by atoms with E-state index in [4.69, 9.17) is 21.1 Å². The van der Waals surface area contributed by atoms with Crippen molar-refractivity contribution in [2.24, 2.45) is 5.10 Å². The number of halogens is 1. The van der Waals surface area contributed by atoms with Gasteiger partial charge in [-0.3, -0.25) is 9.89 Å². The molecule has 0 aliphatic rings. The Morgan fingerprint density at radius 1 is 1.19 bits per heavy atom. The molecule has 27 heavy (non-hydrogen) atoms. The number of carbonyl (C=O) groups excluding carboxylic acids is 1. The summed E-state index contributed by atoms with van der Waals surface area (Å²) in [6, 6.07) is 14.2. The molecule has 2 aromatic carbocycles. The third-order valence-electron chi connectivity index (χ3n) is 3.78. The Hall–Kier alpha value is -3.32. The molecule has 1 heterocycles. The lowest BCUT2D eigenvalue weighted by molar-refractivity contribution is 0.0950. The Labute approximate surface area is 161 Å². The number of hydrazone groups is 1. The van der Waals surface area contributed by atoms with Crippen LogP contribution >= 0.6 is 11.6 Å². The van der Waals surface area contributed by atoms with Crippen molar-refractivity contribution in [2.75, 3.05) is 14.2 Å². The molecule has 138 valence electrons. The maximum atomic E-state index is 12.3. The summed E-state index contributed by atoms with van der Waals surface area (Å²) >= 11 is 6.15. The molecular formula is C19H17ClN4O3. The van der Waals surface area contributed by atoms with Crippen molar-refractivity contribution in [1.82, 2.24) is 15.6 Å². The average molecular weight is 385 g/mol. The Balaban J connectivity index is 1.72. The van der Waals surface area contributed by atoms with Gasteiger partial charge in [-0.15, -0.1) is 0 Å². The van der Waals surface area contributed by atoms with E-state index in [0.717, 1.165) is 5.56 Å². The molecule has 3 aromatic rings. The average Bonchev–Trinajstić information content (AvgIpc) is 3.18. The summed E-state index contributed by atoms with van der Waals surface area (Å²) in [6.45, 7) is 0. The smallest absolute Gasteiger partial charge is 0.289 e. The molecule has 0 radical (unpaired) electrons. The molecule has 1 amide bonds. The van der Waals surface area contributed by atoms with Gasteiger partial charge in [0.1, 0.15) is 17.2 Å². The van der Waals surface area contributed by atoms with Crippen molar-refractivity contribution < 1.29 is 14.3 Å². The largest absolute Gasteiger partial charge is 0.497 e. The first-order chi connectivity index (χ1) is 13.1. The molecule has 3 rings (SSSR count). The number of nitrogens with zero attached hydrogens (tertiary/aromatic N) is 2. The van der Waals surface area contributed by atoms with Crippen LogP contribution in [0.5, 0.6) is 11.5 Å². The summed E-state index contributed by atoms with van der Waals surface area (Å²) in [5.74, 6) is 0.830. The number of amides is 1. The van der Waals surface area contributed by atoms with Crippen molar-refractivity contribution in [3.8, 4) is 22.8 Å². The van der Waals surface area contributed by atoms with E-state index in [1.54, 1.807) is 44.6 Å². The van der Waals surface area contributed by atoms with Gasteiger partial charge in [0.15, 0.2) is 0 Å². The van der Waals surface area contributed by atoms with Gasteiger partial charge in [0.2, 0.25) is 0 Å². The van der Waals surface area contributed by atoms with E-state index in [-0.39, 0.29) is 5.69 Å². The highest BCUT2D eigenvalue weighted by Crippen LogP contribution is 2.26. The highest BCUT2D eigenvalue weighted by Gasteiger charge is 2.12. The zero-order valence-electron chi connectivity index (χ0n) is 14.7. The van der Waals surface area contributed by atoms with Gasteiger partial charge in [-0.1, -0.05) is 29.8 Å². The molecule has 7 nitrogen and oxygen atoms in total. The van der Waals surface area contributed by atoms with Crippen LogP contribution < -0.4 is 14.9 Å². The number of ether oxygens (including phenoxy) is 2. The Kier molecular flexibility index (Phi) is 5.73. The molecule has 0 unspecified atom stereocenters. The first-order valence-corrected chi connectivity index (χ1v) is 8.36. The van der Waals surface area contributed by atoms with E-state index in [1.807, 2.05) is 18.2 Å². The molecule has 0 aliphatic carbocycles. The fourth-order valence-corrected chi connectivity index (χ4v) is 2.64. The lowest BCUT2D eigenvalue weighted by Gasteiger charge is -2.06. The van der Waals surface area contributed by atoms with E-state index >= 15 is 0 Å². The number of aromatic nitrogens is 2. The van der Waals surface area contributed by atoms with Gasteiger partial charge in [-0.2, -0.15) is 10.2 Å². The highest BCUT2D eigenvalue weighted by molar-refractivity contribution is 6.33. The summed E-state index contributed by atoms with van der Waals surface area (Å²) in [6.07, 6.45) is 1.48. The minimum absolute atomic E-state index is 0.264. The second-order valence-corrected chi connectivity index (χ2v) is 5.86. The van der Waals surface area contributed by atoms with Crippen LogP contribution in [0.3, 0.4) is 0 Å². The molecule has 0 saturated heterocycles. The van der Waals surface area contributed by atoms with E-state index in [2.05, 4.69) is 20.7 Å². The van der Waals surface area contributed by atoms with Gasteiger partial charge in [0.25, 0.3) is 5.91 Å². The van der Waals surface area contributed by atoms with E-state index in [0.29, 0.717) is 27.8 Å². The van der Waals surface area contributed by atoms with Crippen molar-refractivity contribution in [3.63, 3.8) is 0 Å². The topological polar surface area (TPSA) is 88.6 Å². The molecule has 0 fully saturated rings. The van der Waals surface area contributed by atoms with Crippen molar-refractivity contribution in [2.45, 2.75) is 0 Å². The highest BCUT2D eigenvalue weighted by atomic mass is 35.5. The number of rotatable bonds is 6. The van der Waals surface area contributed by atoms with Crippen LogP contribution in [0.2, 0.25) is 5.02 Å². The van der Waals surface area contributed by atoms with E-state index in [1.165, 1.54) is 6.21 Å². The van der Waals surface area contributed by atoms with Crippen LogP contribution in [0.15, 0.2) is 53.6 Å². The number of nitrogens with one attached hydrogen (secondary N) is 2. The third-order valence-corrected chi connectivity index (χ3v) is 4.11. The third kappa shape index (κ3) is 4.27. The summed E-state index contributed by atoms with van der Waals surface area (Å²) < 4.78 is 10.4. The summed E-state index contributed by atoms with van der Waals surface area (Å²) in [7, 11) is 3.12. The summed E-state index contributed by atoms with van der Waals surface area (Å²) in [4.78, 5) is 12.3. The Morgan fingerprint density at radius 2 is 2.00 bits per heavy atom. The molecule has 0 saturated carbocycles. The quantitative estimate of drug-likeness (QED) is 0.502. The fourth-order valence-electron chi connectivity index (χ4n) is 2.41. The minimum atomic E-state index is -0.432. The number of hydrogen-bond donors (Lipinski definition) is 2. The minimum Gasteiger partial charge on any atom is -0.497 e. The van der Waals surface area contributed by atoms with E-state index in [9.17, 15) is 4.79 Å². The van der Waals surface area contributed by atoms with Crippen LogP contribution in [-0.2, 0) is 0 Å². The van der Waals surface area contributed by atoms with Crippen molar-refractivity contribution in [3.05, 3.63) is 64.8 Å². The normalized spacial score (nSPS) is 10.8. The maximum absolute atomic E-state index is 12.3. The van der Waals surface area contributed by atoms with Crippen LogP contribution in [0, 0.1) is 0 Å². The monoisotopic (exact) mass is 384 g/mol. The van der Waals surface area contributed by atoms with Gasteiger partial charge in [-0.05, 0) is 30.3 Å². The molecule has 0 atom stereocenters. The fraction of sp³-hybridized carbons (Fsp3) is 0.105. The number of hydrogen-bond acceptors (Lipinski definition) is 5. The predicted octanol–water partition coefficient (Wildman–Crippen LogP) is 3.51. The van der Waals surface area contributed by atoms with Crippen LogP contribution in [0.4, 0.5) is 0 Å². The number of H-pyrrole nitrogens is 1. The first kappa shape index (κ1) is 18.5.